The molecule has 0 bridgehead atoms. The summed E-state index contributed by atoms with van der Waals surface area (Å²) in [5.74, 6) is 3.48. The Bertz CT molecular complexity index is 271. The van der Waals surface area contributed by atoms with Crippen LogP contribution in [0.1, 0.15) is 19.8 Å². The van der Waals surface area contributed by atoms with Gasteiger partial charge in [-0.1, -0.05) is 37.5 Å². The summed E-state index contributed by atoms with van der Waals surface area (Å²) in [6, 6.07) is 9.67. The van der Waals surface area contributed by atoms with Crippen molar-refractivity contribution in [3.8, 4) is 18.1 Å². The Kier molecular flexibility index (Phi) is 3.92. The van der Waals surface area contributed by atoms with Crippen molar-refractivity contribution in [3.63, 3.8) is 0 Å². The summed E-state index contributed by atoms with van der Waals surface area (Å²) >= 11 is 0. The largest absolute Gasteiger partial charge is 0.478 e. The summed E-state index contributed by atoms with van der Waals surface area (Å²) in [4.78, 5) is 0. The molecule has 0 saturated heterocycles. The minimum absolute atomic E-state index is 0.0904. The molecule has 0 fully saturated rings. The average molecular weight is 174 g/mol. The van der Waals surface area contributed by atoms with E-state index in [1.807, 2.05) is 30.3 Å². The van der Waals surface area contributed by atoms with Crippen LogP contribution in [0.4, 0.5) is 0 Å². The predicted octanol–water partition coefficient (Wildman–Crippen LogP) is 2.87. The first-order valence-electron chi connectivity index (χ1n) is 4.54. The predicted molar refractivity (Wildman–Crippen MR) is 54.6 cm³/mol. The SMILES string of the molecule is C#CC(CCC)Oc1ccccc1. The van der Waals surface area contributed by atoms with Crippen LogP contribution in [0.5, 0.6) is 5.75 Å². The topological polar surface area (TPSA) is 9.23 Å². The van der Waals surface area contributed by atoms with E-state index in [1.54, 1.807) is 0 Å². The smallest absolute Gasteiger partial charge is 0.158 e. The summed E-state index contributed by atoms with van der Waals surface area (Å²) < 4.78 is 5.57. The summed E-state index contributed by atoms with van der Waals surface area (Å²) in [5.41, 5.74) is 0. The third-order valence-electron chi connectivity index (χ3n) is 1.76. The van der Waals surface area contributed by atoms with Gasteiger partial charge in [0.2, 0.25) is 0 Å². The molecule has 68 valence electrons. The van der Waals surface area contributed by atoms with Crippen molar-refractivity contribution in [3.05, 3.63) is 30.3 Å². The van der Waals surface area contributed by atoms with Gasteiger partial charge in [0.1, 0.15) is 5.75 Å². The second kappa shape index (κ2) is 5.27. The maximum Gasteiger partial charge on any atom is 0.158 e. The van der Waals surface area contributed by atoms with Gasteiger partial charge in [-0.05, 0) is 18.6 Å². The van der Waals surface area contributed by atoms with Crippen LogP contribution >= 0.6 is 0 Å². The van der Waals surface area contributed by atoms with Crippen molar-refractivity contribution < 1.29 is 4.74 Å². The molecular formula is C12H14O. The van der Waals surface area contributed by atoms with E-state index in [0.29, 0.717) is 0 Å². The zero-order valence-corrected chi connectivity index (χ0v) is 7.86. The standard InChI is InChI=1S/C12H14O/c1-3-8-11(4-2)13-12-9-6-5-7-10-12/h2,5-7,9-11H,3,8H2,1H3. The van der Waals surface area contributed by atoms with Gasteiger partial charge in [0.15, 0.2) is 6.10 Å². The second-order valence-electron chi connectivity index (χ2n) is 2.87. The summed E-state index contributed by atoms with van der Waals surface area (Å²) in [6.07, 6.45) is 7.19. The molecule has 0 spiro atoms. The molecule has 1 atom stereocenters. The van der Waals surface area contributed by atoms with E-state index in [0.717, 1.165) is 18.6 Å². The number of para-hydroxylation sites is 1. The Balaban J connectivity index is 2.53. The van der Waals surface area contributed by atoms with Gasteiger partial charge < -0.3 is 4.74 Å². The first kappa shape index (κ1) is 9.67. The zero-order chi connectivity index (χ0) is 9.52. The van der Waals surface area contributed by atoms with Crippen molar-refractivity contribution in [1.29, 1.82) is 0 Å². The molecule has 1 nitrogen and oxygen atoms in total. The summed E-state index contributed by atoms with van der Waals surface area (Å²) in [5, 5.41) is 0. The van der Waals surface area contributed by atoms with E-state index in [2.05, 4.69) is 12.8 Å². The minimum Gasteiger partial charge on any atom is -0.478 e. The van der Waals surface area contributed by atoms with Gasteiger partial charge in [-0.25, -0.2) is 0 Å². The lowest BCUT2D eigenvalue weighted by Crippen LogP contribution is -2.13. The molecule has 0 aliphatic heterocycles. The van der Waals surface area contributed by atoms with E-state index in [-0.39, 0.29) is 6.10 Å². The van der Waals surface area contributed by atoms with Crippen molar-refractivity contribution in [2.24, 2.45) is 0 Å². The Morgan fingerprint density at radius 2 is 2.08 bits per heavy atom. The van der Waals surface area contributed by atoms with Gasteiger partial charge in [0.25, 0.3) is 0 Å². The molecule has 0 N–H and O–H groups in total. The van der Waals surface area contributed by atoms with Gasteiger partial charge in [0.05, 0.1) is 0 Å². The van der Waals surface area contributed by atoms with Crippen LogP contribution in [-0.4, -0.2) is 6.10 Å². The number of terminal acetylenes is 1. The molecule has 1 heteroatoms. The molecule has 1 aromatic carbocycles. The number of hydrogen-bond donors (Lipinski definition) is 0. The van der Waals surface area contributed by atoms with Gasteiger partial charge in [-0.2, -0.15) is 0 Å². The molecule has 0 heterocycles. The Hall–Kier alpha value is -1.42. The lowest BCUT2D eigenvalue weighted by atomic mass is 10.2. The fourth-order valence-electron chi connectivity index (χ4n) is 1.10. The van der Waals surface area contributed by atoms with E-state index in [9.17, 15) is 0 Å². The fraction of sp³-hybridized carbons (Fsp3) is 0.333. The van der Waals surface area contributed by atoms with Crippen LogP contribution in [0.2, 0.25) is 0 Å². The lowest BCUT2D eigenvalue weighted by molar-refractivity contribution is 0.246. The second-order valence-corrected chi connectivity index (χ2v) is 2.87. The zero-order valence-electron chi connectivity index (χ0n) is 7.86. The molecule has 1 rings (SSSR count). The highest BCUT2D eigenvalue weighted by atomic mass is 16.5. The van der Waals surface area contributed by atoms with Gasteiger partial charge in [-0.15, -0.1) is 6.42 Å². The van der Waals surface area contributed by atoms with Crippen LogP contribution in [0, 0.1) is 12.3 Å². The highest BCUT2D eigenvalue weighted by Crippen LogP contribution is 2.12. The van der Waals surface area contributed by atoms with Gasteiger partial charge >= 0.3 is 0 Å². The normalized spacial score (nSPS) is 11.7. The maximum atomic E-state index is 5.57. The monoisotopic (exact) mass is 174 g/mol. The van der Waals surface area contributed by atoms with E-state index >= 15 is 0 Å². The van der Waals surface area contributed by atoms with E-state index < -0.39 is 0 Å². The summed E-state index contributed by atoms with van der Waals surface area (Å²) in [7, 11) is 0. The first-order valence-corrected chi connectivity index (χ1v) is 4.54. The van der Waals surface area contributed by atoms with Gasteiger partial charge in [-0.3, -0.25) is 0 Å². The Morgan fingerprint density at radius 1 is 1.38 bits per heavy atom. The molecular weight excluding hydrogens is 160 g/mol. The number of rotatable bonds is 4. The molecule has 0 aromatic heterocycles. The Morgan fingerprint density at radius 3 is 2.62 bits per heavy atom. The molecule has 0 radical (unpaired) electrons. The molecule has 0 aliphatic carbocycles. The number of benzene rings is 1. The number of hydrogen-bond acceptors (Lipinski definition) is 1. The fourth-order valence-corrected chi connectivity index (χ4v) is 1.10. The summed E-state index contributed by atoms with van der Waals surface area (Å²) in [6.45, 7) is 2.10. The number of ether oxygens (including phenoxy) is 1. The minimum atomic E-state index is -0.0904. The molecule has 0 amide bonds. The molecule has 1 aromatic rings. The van der Waals surface area contributed by atoms with E-state index in [1.165, 1.54) is 0 Å². The van der Waals surface area contributed by atoms with Crippen molar-refractivity contribution in [2.75, 3.05) is 0 Å². The quantitative estimate of drug-likeness (QED) is 0.638. The lowest BCUT2D eigenvalue weighted by Gasteiger charge is -2.12. The van der Waals surface area contributed by atoms with Crippen LogP contribution in [0.3, 0.4) is 0 Å². The first-order chi connectivity index (χ1) is 6.36. The van der Waals surface area contributed by atoms with Crippen LogP contribution in [0.15, 0.2) is 30.3 Å². The third kappa shape index (κ3) is 3.21. The van der Waals surface area contributed by atoms with E-state index in [4.69, 9.17) is 11.2 Å². The Labute approximate surface area is 79.7 Å². The average Bonchev–Trinajstić information content (AvgIpc) is 2.19. The molecule has 0 saturated carbocycles. The van der Waals surface area contributed by atoms with Crippen LogP contribution in [-0.2, 0) is 0 Å². The molecule has 0 aliphatic rings. The van der Waals surface area contributed by atoms with Crippen molar-refractivity contribution in [2.45, 2.75) is 25.9 Å². The van der Waals surface area contributed by atoms with Gasteiger partial charge in [0, 0.05) is 0 Å². The molecule has 13 heavy (non-hydrogen) atoms. The van der Waals surface area contributed by atoms with Crippen LogP contribution < -0.4 is 4.74 Å². The highest BCUT2D eigenvalue weighted by molar-refractivity contribution is 5.22. The van der Waals surface area contributed by atoms with Crippen molar-refractivity contribution in [1.82, 2.24) is 0 Å². The van der Waals surface area contributed by atoms with Crippen LogP contribution in [0.25, 0.3) is 0 Å². The highest BCUT2D eigenvalue weighted by Gasteiger charge is 2.03. The van der Waals surface area contributed by atoms with Crippen molar-refractivity contribution >= 4 is 0 Å². The molecule has 1 unspecified atom stereocenters. The maximum absolute atomic E-state index is 5.57. The third-order valence-corrected chi connectivity index (χ3v) is 1.76.